The van der Waals surface area contributed by atoms with E-state index in [1.165, 1.54) is 33.4 Å². The standard InChI is InChI=1S/C13H9.C9H13.C2H4.2ClH.Ti/c1-3-7-12-10(5-1)9-11-6-2-4-8-13(11)12;1-3-8-5-6-9(4-2)7-8;1-2;;;/h1-9H;5-6,8H,3-4H2,1-2H3;1-2H2;2*1H;/q;;;;;+2/p-2. The Hall–Kier alpha value is -0.786. The molecule has 0 aromatic heterocycles. The van der Waals surface area contributed by atoms with E-state index in [2.05, 4.69) is 74.5 Å². The second kappa shape index (κ2) is 7.92. The summed E-state index contributed by atoms with van der Waals surface area (Å²) in [6.07, 6.45) is 7.48. The van der Waals surface area contributed by atoms with Crippen LogP contribution >= 0.6 is 0 Å². The molecule has 1 unspecified atom stereocenters. The molecule has 2 aromatic rings. The van der Waals surface area contributed by atoms with Crippen molar-refractivity contribution in [2.45, 2.75) is 40.4 Å². The van der Waals surface area contributed by atoms with Crippen molar-refractivity contribution in [3.8, 4) is 11.1 Å². The maximum atomic E-state index is 2.52. The van der Waals surface area contributed by atoms with E-state index in [4.69, 9.17) is 0 Å². The summed E-state index contributed by atoms with van der Waals surface area (Å²) in [5, 5.41) is 0. The fourth-order valence-electron chi connectivity index (χ4n) is 5.59. The van der Waals surface area contributed by atoms with E-state index < -0.39 is 16.6 Å². The van der Waals surface area contributed by atoms with Crippen LogP contribution < -0.4 is 24.8 Å². The van der Waals surface area contributed by atoms with Crippen molar-refractivity contribution in [2.24, 2.45) is 5.92 Å². The smallest absolute Gasteiger partial charge is 1.00 e. The minimum atomic E-state index is -2.07. The summed E-state index contributed by atoms with van der Waals surface area (Å²) in [4.78, 5) is 0. The summed E-state index contributed by atoms with van der Waals surface area (Å²) in [5.74, 6) is 0.734. The van der Waals surface area contributed by atoms with E-state index in [1.54, 1.807) is 16.7 Å². The summed E-state index contributed by atoms with van der Waals surface area (Å²) in [7, 11) is 0. The molecule has 2 aliphatic carbocycles. The monoisotopic (exact) mass is 432 g/mol. The third-order valence-electron chi connectivity index (χ3n) is 6.78. The van der Waals surface area contributed by atoms with Crippen molar-refractivity contribution in [1.82, 2.24) is 0 Å². The van der Waals surface area contributed by atoms with Crippen LogP contribution in [0.25, 0.3) is 11.1 Å². The van der Waals surface area contributed by atoms with Gasteiger partial charge in [0, 0.05) is 0 Å². The van der Waals surface area contributed by atoms with Gasteiger partial charge in [0.15, 0.2) is 0 Å². The van der Waals surface area contributed by atoms with E-state index in [0.717, 1.165) is 10.1 Å². The van der Waals surface area contributed by atoms with Gasteiger partial charge in [-0.2, -0.15) is 0 Å². The molecule has 0 N–H and O–H groups in total. The Bertz CT molecular complexity index is 863. The zero-order valence-electron chi connectivity index (χ0n) is 16.0. The molecule has 3 heteroatoms. The van der Waals surface area contributed by atoms with Crippen molar-refractivity contribution in [2.75, 3.05) is 0 Å². The molecule has 0 radical (unpaired) electrons. The van der Waals surface area contributed by atoms with E-state index >= 15 is 0 Å². The van der Waals surface area contributed by atoms with Crippen molar-refractivity contribution in [1.29, 1.82) is 0 Å². The Morgan fingerprint density at radius 3 is 1.89 bits per heavy atom. The Morgan fingerprint density at radius 1 is 0.852 bits per heavy atom. The summed E-state index contributed by atoms with van der Waals surface area (Å²) in [6.45, 7) is 4.73. The zero-order valence-corrected chi connectivity index (χ0v) is 19.1. The van der Waals surface area contributed by atoms with E-state index in [0.29, 0.717) is 0 Å². The molecule has 1 fully saturated rings. The molecule has 1 saturated heterocycles. The molecule has 0 bridgehead atoms. The molecule has 0 saturated carbocycles. The van der Waals surface area contributed by atoms with Gasteiger partial charge >= 0.3 is 155 Å². The molecule has 140 valence electrons. The third-order valence-corrected chi connectivity index (χ3v) is 14.7. The number of allylic oxidation sites excluding steroid dienone is 4. The van der Waals surface area contributed by atoms with Gasteiger partial charge in [0.25, 0.3) is 0 Å². The molecule has 27 heavy (non-hydrogen) atoms. The molecule has 3 aliphatic rings. The molecule has 2 aromatic carbocycles. The van der Waals surface area contributed by atoms with Gasteiger partial charge < -0.3 is 24.8 Å². The van der Waals surface area contributed by atoms with Crippen LogP contribution in [0.3, 0.4) is 0 Å². The molecule has 0 spiro atoms. The van der Waals surface area contributed by atoms with Gasteiger partial charge in [-0.1, -0.05) is 0 Å². The summed E-state index contributed by atoms with van der Waals surface area (Å²) < 4.78 is 5.76. The average Bonchev–Trinajstić information content (AvgIpc) is 3.21. The van der Waals surface area contributed by atoms with Gasteiger partial charge in [0.1, 0.15) is 0 Å². The van der Waals surface area contributed by atoms with Crippen LogP contribution in [-0.2, 0) is 16.6 Å². The Labute approximate surface area is 179 Å². The van der Waals surface area contributed by atoms with Gasteiger partial charge in [0.05, 0.1) is 0 Å². The SMILES string of the molecule is CCC1=[C]([Ti+2]2([CH]3c4ccccc4-c4ccccc43)[CH2][CH2]2)C(CC)C=C1.[Cl-].[Cl-]. The van der Waals surface area contributed by atoms with Crippen LogP contribution in [0.15, 0.2) is 70.1 Å². The van der Waals surface area contributed by atoms with Crippen molar-refractivity contribution < 1.29 is 41.4 Å². The predicted molar refractivity (Wildman–Crippen MR) is 104 cm³/mol. The molecule has 1 heterocycles. The summed E-state index contributed by atoms with van der Waals surface area (Å²) in [6, 6.07) is 18.5. The first kappa shape index (κ1) is 20.9. The number of rotatable bonds is 4. The number of benzene rings is 2. The fraction of sp³-hybridized carbons (Fsp3) is 0.333. The van der Waals surface area contributed by atoms with Crippen molar-refractivity contribution in [3.63, 3.8) is 0 Å². The minimum Gasteiger partial charge on any atom is -1.00 e. The van der Waals surface area contributed by atoms with Gasteiger partial charge in [0.2, 0.25) is 0 Å². The third kappa shape index (κ3) is 3.01. The zero-order chi connectivity index (χ0) is 17.0. The first-order valence-corrected chi connectivity index (χ1v) is 13.8. The van der Waals surface area contributed by atoms with Gasteiger partial charge in [-0.3, -0.25) is 0 Å². The predicted octanol–water partition coefficient (Wildman–Crippen LogP) is 1.03. The normalized spacial score (nSPS) is 20.1. The molecule has 1 atom stereocenters. The first-order valence-electron chi connectivity index (χ1n) is 9.90. The number of halogens is 2. The Morgan fingerprint density at radius 2 is 1.41 bits per heavy atom. The van der Waals surface area contributed by atoms with Gasteiger partial charge in [-0.05, 0) is 0 Å². The number of hydrogen-bond donors (Lipinski definition) is 0. The molecule has 5 rings (SSSR count). The van der Waals surface area contributed by atoms with Gasteiger partial charge in [-0.25, -0.2) is 0 Å². The van der Waals surface area contributed by atoms with Crippen LogP contribution in [0.2, 0.25) is 9.45 Å². The average molecular weight is 433 g/mol. The van der Waals surface area contributed by atoms with E-state index in [1.807, 2.05) is 3.88 Å². The van der Waals surface area contributed by atoms with Crippen LogP contribution in [0.4, 0.5) is 0 Å². The maximum absolute atomic E-state index is 2.52. The topological polar surface area (TPSA) is 0 Å². The van der Waals surface area contributed by atoms with Crippen LogP contribution in [0.5, 0.6) is 0 Å². The summed E-state index contributed by atoms with van der Waals surface area (Å²) >= 11 is -2.07. The number of hydrogen-bond acceptors (Lipinski definition) is 0. The molecular weight excluding hydrogens is 407 g/mol. The maximum Gasteiger partial charge on any atom is -1.00 e. The largest absolute Gasteiger partial charge is 1.00 e. The Kier molecular flexibility index (Phi) is 6.14. The molecule has 0 nitrogen and oxygen atoms in total. The fourth-order valence-corrected chi connectivity index (χ4v) is 15.6. The second-order valence-corrected chi connectivity index (χ2v) is 14.8. The van der Waals surface area contributed by atoms with Crippen molar-refractivity contribution in [3.05, 3.63) is 81.3 Å². The first-order chi connectivity index (χ1) is 12.3. The van der Waals surface area contributed by atoms with E-state index in [9.17, 15) is 0 Å². The van der Waals surface area contributed by atoms with Crippen LogP contribution in [0.1, 0.15) is 42.0 Å². The molecule has 0 amide bonds. The van der Waals surface area contributed by atoms with Crippen molar-refractivity contribution >= 4 is 0 Å². The summed E-state index contributed by atoms with van der Waals surface area (Å²) in [5.41, 5.74) is 8.01. The molecular formula is C24H26Cl2Ti. The minimum absolute atomic E-state index is 0. The Balaban J connectivity index is 0.00000105. The quantitative estimate of drug-likeness (QED) is 0.633. The van der Waals surface area contributed by atoms with Gasteiger partial charge in [-0.15, -0.1) is 0 Å². The molecule has 1 aliphatic heterocycles. The van der Waals surface area contributed by atoms with Crippen LogP contribution in [-0.4, -0.2) is 0 Å². The second-order valence-electron chi connectivity index (χ2n) is 7.93. The van der Waals surface area contributed by atoms with E-state index in [-0.39, 0.29) is 24.8 Å². The number of fused-ring (bicyclic) bond motifs is 3. The van der Waals surface area contributed by atoms with Crippen LogP contribution in [0, 0.1) is 5.92 Å².